The van der Waals surface area contributed by atoms with Gasteiger partial charge < -0.3 is 9.64 Å². The van der Waals surface area contributed by atoms with E-state index in [1.165, 1.54) is 40.6 Å². The summed E-state index contributed by atoms with van der Waals surface area (Å²) in [7, 11) is -0.750. The Bertz CT molecular complexity index is 992. The van der Waals surface area contributed by atoms with Crippen LogP contribution in [0.5, 0.6) is 5.75 Å². The van der Waals surface area contributed by atoms with Crippen LogP contribution in [0, 0.1) is 18.7 Å². The minimum atomic E-state index is -3.80. The van der Waals surface area contributed by atoms with Crippen molar-refractivity contribution in [2.24, 2.45) is 5.92 Å². The molecule has 1 unspecified atom stereocenters. The van der Waals surface area contributed by atoms with Crippen molar-refractivity contribution in [1.29, 1.82) is 0 Å². The number of sulfonamides is 1. The molecule has 6 nitrogen and oxygen atoms in total. The number of hydrogen-bond acceptors (Lipinski definition) is 4. The highest BCUT2D eigenvalue weighted by Crippen LogP contribution is 2.31. The van der Waals surface area contributed by atoms with Crippen molar-refractivity contribution in [2.75, 3.05) is 32.1 Å². The molecule has 1 atom stereocenters. The van der Waals surface area contributed by atoms with Crippen LogP contribution in [0.15, 0.2) is 47.4 Å². The van der Waals surface area contributed by atoms with Crippen molar-refractivity contribution in [3.05, 3.63) is 53.8 Å². The number of amides is 1. The van der Waals surface area contributed by atoms with Crippen LogP contribution in [0.3, 0.4) is 0 Å². The number of benzene rings is 2. The molecule has 0 bridgehead atoms. The van der Waals surface area contributed by atoms with Crippen molar-refractivity contribution in [1.82, 2.24) is 4.31 Å². The van der Waals surface area contributed by atoms with Crippen LogP contribution in [0.25, 0.3) is 0 Å². The second kappa shape index (κ2) is 8.51. The summed E-state index contributed by atoms with van der Waals surface area (Å²) in [6.07, 6.45) is 1.18. The number of rotatable bonds is 5. The summed E-state index contributed by atoms with van der Waals surface area (Å²) in [4.78, 5) is 14.5. The van der Waals surface area contributed by atoms with Gasteiger partial charge in [0.1, 0.15) is 16.5 Å². The van der Waals surface area contributed by atoms with Gasteiger partial charge in [0, 0.05) is 25.8 Å². The molecule has 0 spiro atoms. The number of carbonyl (C=O) groups excluding carboxylic acids is 1. The molecular formula is C21H25FN2O4S. The van der Waals surface area contributed by atoms with Crippen molar-refractivity contribution < 1.29 is 22.3 Å². The van der Waals surface area contributed by atoms with E-state index in [4.69, 9.17) is 4.74 Å². The second-order valence-corrected chi connectivity index (χ2v) is 9.14. The largest absolute Gasteiger partial charge is 0.495 e. The summed E-state index contributed by atoms with van der Waals surface area (Å²) >= 11 is 0. The van der Waals surface area contributed by atoms with Gasteiger partial charge >= 0.3 is 0 Å². The molecule has 3 rings (SSSR count). The smallest absolute Gasteiger partial charge is 0.246 e. The van der Waals surface area contributed by atoms with Crippen molar-refractivity contribution in [3.63, 3.8) is 0 Å². The van der Waals surface area contributed by atoms with E-state index in [0.29, 0.717) is 25.1 Å². The molecule has 2 aromatic rings. The molecular weight excluding hydrogens is 395 g/mol. The van der Waals surface area contributed by atoms with Gasteiger partial charge in [0.25, 0.3) is 0 Å². The van der Waals surface area contributed by atoms with Crippen LogP contribution in [-0.2, 0) is 14.8 Å². The summed E-state index contributed by atoms with van der Waals surface area (Å²) in [5.74, 6) is -0.749. The lowest BCUT2D eigenvalue weighted by atomic mass is 9.98. The number of hydrogen-bond donors (Lipinski definition) is 0. The summed E-state index contributed by atoms with van der Waals surface area (Å²) in [5.41, 5.74) is 1.38. The highest BCUT2D eigenvalue weighted by atomic mass is 32.2. The molecule has 0 N–H and O–H groups in total. The molecule has 0 radical (unpaired) electrons. The lowest BCUT2D eigenvalue weighted by Gasteiger charge is -2.33. The van der Waals surface area contributed by atoms with Gasteiger partial charge in [0.2, 0.25) is 15.9 Å². The van der Waals surface area contributed by atoms with Crippen LogP contribution >= 0.6 is 0 Å². The first kappa shape index (κ1) is 21.3. The van der Waals surface area contributed by atoms with Crippen LogP contribution in [0.1, 0.15) is 18.4 Å². The van der Waals surface area contributed by atoms with Crippen LogP contribution in [0.2, 0.25) is 0 Å². The third-order valence-electron chi connectivity index (χ3n) is 5.21. The topological polar surface area (TPSA) is 66.9 Å². The van der Waals surface area contributed by atoms with Crippen molar-refractivity contribution in [3.8, 4) is 5.75 Å². The SMILES string of the molecule is COc1ccc(C)cc1S(=O)(=O)N1CCCC(C(=O)N(C)c2ccc(F)cc2)C1. The minimum Gasteiger partial charge on any atom is -0.495 e. The number of piperidine rings is 1. The summed E-state index contributed by atoms with van der Waals surface area (Å²) in [6.45, 7) is 2.27. The third-order valence-corrected chi connectivity index (χ3v) is 7.10. The zero-order chi connectivity index (χ0) is 21.2. The third kappa shape index (κ3) is 4.43. The molecule has 1 aliphatic rings. The van der Waals surface area contributed by atoms with Gasteiger partial charge in [0.15, 0.2) is 0 Å². The first-order chi connectivity index (χ1) is 13.7. The lowest BCUT2D eigenvalue weighted by Crippen LogP contribution is -2.46. The van der Waals surface area contributed by atoms with Gasteiger partial charge in [-0.3, -0.25) is 4.79 Å². The maximum absolute atomic E-state index is 13.2. The number of anilines is 1. The molecule has 1 saturated heterocycles. The van der Waals surface area contributed by atoms with Gasteiger partial charge in [0.05, 0.1) is 13.0 Å². The Morgan fingerprint density at radius 2 is 1.90 bits per heavy atom. The van der Waals surface area contributed by atoms with E-state index < -0.39 is 15.9 Å². The van der Waals surface area contributed by atoms with Crippen LogP contribution in [-0.4, -0.2) is 45.9 Å². The number of aryl methyl sites for hydroxylation is 1. The predicted molar refractivity (Wildman–Crippen MR) is 109 cm³/mol. The van der Waals surface area contributed by atoms with Gasteiger partial charge in [-0.25, -0.2) is 12.8 Å². The fourth-order valence-electron chi connectivity index (χ4n) is 3.55. The Labute approximate surface area is 170 Å². The molecule has 1 fully saturated rings. The quantitative estimate of drug-likeness (QED) is 0.745. The molecule has 2 aromatic carbocycles. The van der Waals surface area contributed by atoms with E-state index in [1.807, 2.05) is 6.92 Å². The van der Waals surface area contributed by atoms with E-state index in [1.54, 1.807) is 25.2 Å². The predicted octanol–water partition coefficient (Wildman–Crippen LogP) is 3.21. The fraction of sp³-hybridized carbons (Fsp3) is 0.381. The summed E-state index contributed by atoms with van der Waals surface area (Å²) < 4.78 is 46.2. The van der Waals surface area contributed by atoms with Gasteiger partial charge in [-0.1, -0.05) is 6.07 Å². The zero-order valence-electron chi connectivity index (χ0n) is 16.8. The van der Waals surface area contributed by atoms with E-state index in [-0.39, 0.29) is 28.9 Å². The van der Waals surface area contributed by atoms with E-state index >= 15 is 0 Å². The summed E-state index contributed by atoms with van der Waals surface area (Å²) in [6, 6.07) is 10.7. The van der Waals surface area contributed by atoms with Crippen molar-refractivity contribution >= 4 is 21.6 Å². The first-order valence-electron chi connectivity index (χ1n) is 9.42. The average molecular weight is 421 g/mol. The molecule has 0 saturated carbocycles. The minimum absolute atomic E-state index is 0.101. The van der Waals surface area contributed by atoms with Crippen LogP contribution < -0.4 is 9.64 Å². The number of nitrogens with zero attached hydrogens (tertiary/aromatic N) is 2. The molecule has 29 heavy (non-hydrogen) atoms. The van der Waals surface area contributed by atoms with Gasteiger partial charge in [-0.15, -0.1) is 0 Å². The highest BCUT2D eigenvalue weighted by Gasteiger charge is 2.36. The summed E-state index contributed by atoms with van der Waals surface area (Å²) in [5, 5.41) is 0. The number of carbonyl (C=O) groups is 1. The Balaban J connectivity index is 1.82. The Morgan fingerprint density at radius 3 is 2.55 bits per heavy atom. The maximum Gasteiger partial charge on any atom is 0.246 e. The zero-order valence-corrected chi connectivity index (χ0v) is 17.6. The number of methoxy groups -OCH3 is 1. The molecule has 1 aliphatic heterocycles. The average Bonchev–Trinajstić information content (AvgIpc) is 2.73. The second-order valence-electron chi connectivity index (χ2n) is 7.23. The van der Waals surface area contributed by atoms with E-state index in [2.05, 4.69) is 0 Å². The van der Waals surface area contributed by atoms with Gasteiger partial charge in [-0.2, -0.15) is 4.31 Å². The van der Waals surface area contributed by atoms with E-state index in [9.17, 15) is 17.6 Å². The maximum atomic E-state index is 13.2. The molecule has 0 aromatic heterocycles. The molecule has 1 heterocycles. The first-order valence-corrected chi connectivity index (χ1v) is 10.9. The van der Waals surface area contributed by atoms with Gasteiger partial charge in [-0.05, 0) is 61.7 Å². The Morgan fingerprint density at radius 1 is 1.21 bits per heavy atom. The number of halogens is 1. The molecule has 1 amide bonds. The van der Waals surface area contributed by atoms with Crippen LogP contribution in [0.4, 0.5) is 10.1 Å². The monoisotopic (exact) mass is 420 g/mol. The lowest BCUT2D eigenvalue weighted by molar-refractivity contribution is -0.123. The Kier molecular flexibility index (Phi) is 6.24. The fourth-order valence-corrected chi connectivity index (χ4v) is 5.32. The normalized spacial score (nSPS) is 17.7. The Hall–Kier alpha value is -2.45. The number of ether oxygens (including phenoxy) is 1. The van der Waals surface area contributed by atoms with E-state index in [0.717, 1.165) is 5.56 Å². The standard InChI is InChI=1S/C21H25FN2O4S/c1-15-6-11-19(28-3)20(13-15)29(26,27)24-12-4-5-16(14-24)21(25)23(2)18-9-7-17(22)8-10-18/h6-11,13,16H,4-5,12,14H2,1-3H3. The molecule has 156 valence electrons. The molecule has 0 aliphatic carbocycles. The molecule has 8 heteroatoms. The highest BCUT2D eigenvalue weighted by molar-refractivity contribution is 7.89. The van der Waals surface area contributed by atoms with Crippen molar-refractivity contribution in [2.45, 2.75) is 24.7 Å².